The lowest BCUT2D eigenvalue weighted by atomic mass is 9.93. The van der Waals surface area contributed by atoms with Gasteiger partial charge in [0.1, 0.15) is 29.5 Å². The van der Waals surface area contributed by atoms with Gasteiger partial charge in [-0.2, -0.15) is 0 Å². The summed E-state index contributed by atoms with van der Waals surface area (Å²) in [5, 5.41) is 0.364. The first kappa shape index (κ1) is 29.4. The Labute approximate surface area is 256 Å². The van der Waals surface area contributed by atoms with Gasteiger partial charge in [0.25, 0.3) is 0 Å². The SMILES string of the molecule is CCC#Cc1cc(OC)c2nc(CN3CCC(c4cccc(OCc5ccc(Cl)cc5F)n4)CC3)n(C[C@@H]3CCO3)c2c1. The molecule has 4 aromatic rings. The molecule has 9 heteroatoms. The van der Waals surface area contributed by atoms with Gasteiger partial charge in [0.05, 0.1) is 31.8 Å². The van der Waals surface area contributed by atoms with Gasteiger partial charge in [-0.3, -0.25) is 4.90 Å². The van der Waals surface area contributed by atoms with Gasteiger partial charge in [-0.1, -0.05) is 42.5 Å². The summed E-state index contributed by atoms with van der Waals surface area (Å²) in [5.41, 5.74) is 4.30. The van der Waals surface area contributed by atoms with E-state index in [9.17, 15) is 4.39 Å². The number of pyridine rings is 1. The van der Waals surface area contributed by atoms with E-state index in [4.69, 9.17) is 35.8 Å². The highest BCUT2D eigenvalue weighted by molar-refractivity contribution is 6.30. The number of imidazole rings is 1. The van der Waals surface area contributed by atoms with Crippen molar-refractivity contribution in [2.75, 3.05) is 26.8 Å². The van der Waals surface area contributed by atoms with Crippen LogP contribution in [0.3, 0.4) is 0 Å². The van der Waals surface area contributed by atoms with E-state index in [2.05, 4.69) is 33.4 Å². The summed E-state index contributed by atoms with van der Waals surface area (Å²) in [6, 6.07) is 14.5. The summed E-state index contributed by atoms with van der Waals surface area (Å²) in [6.45, 7) is 6.34. The van der Waals surface area contributed by atoms with Crippen molar-refractivity contribution in [3.63, 3.8) is 0 Å². The minimum Gasteiger partial charge on any atom is -0.494 e. The molecule has 7 nitrogen and oxygen atoms in total. The zero-order valence-corrected chi connectivity index (χ0v) is 25.4. The molecule has 0 bridgehead atoms. The van der Waals surface area contributed by atoms with Gasteiger partial charge in [0.15, 0.2) is 0 Å². The number of piperidine rings is 1. The predicted octanol–water partition coefficient (Wildman–Crippen LogP) is 6.74. The maximum Gasteiger partial charge on any atom is 0.213 e. The monoisotopic (exact) mass is 602 g/mol. The number of likely N-dealkylation sites (tertiary alicyclic amines) is 1. The van der Waals surface area contributed by atoms with Crippen LogP contribution in [0.25, 0.3) is 11.0 Å². The highest BCUT2D eigenvalue weighted by Gasteiger charge is 2.27. The van der Waals surface area contributed by atoms with Crippen molar-refractivity contribution in [1.82, 2.24) is 19.4 Å². The van der Waals surface area contributed by atoms with Crippen LogP contribution < -0.4 is 9.47 Å². The highest BCUT2D eigenvalue weighted by Crippen LogP contribution is 2.32. The summed E-state index contributed by atoms with van der Waals surface area (Å²) in [4.78, 5) is 12.3. The molecule has 224 valence electrons. The maximum atomic E-state index is 14.2. The smallest absolute Gasteiger partial charge is 0.213 e. The van der Waals surface area contributed by atoms with E-state index in [1.165, 1.54) is 6.07 Å². The number of aromatic nitrogens is 3. The molecule has 0 spiro atoms. The topological polar surface area (TPSA) is 61.6 Å². The number of hydrogen-bond donors (Lipinski definition) is 0. The number of hydrogen-bond acceptors (Lipinski definition) is 6. The standard InChI is InChI=1S/C34H36ClFN4O3/c1-3-4-6-23-17-30-34(31(18-23)41-2)38-32(40(30)20-27-13-16-42-27)21-39-14-11-24(12-15-39)29-7-5-8-33(37-29)43-22-25-9-10-26(35)19-28(25)36/h5,7-10,17-19,24,27H,3,11-16,20-22H2,1-2H3/t27-/m0/s1. The molecule has 2 fully saturated rings. The van der Waals surface area contributed by atoms with Crippen LogP contribution >= 0.6 is 11.6 Å². The van der Waals surface area contributed by atoms with Crippen molar-refractivity contribution >= 4 is 22.6 Å². The Morgan fingerprint density at radius 1 is 1.09 bits per heavy atom. The fraction of sp³-hybridized carbons (Fsp3) is 0.412. The normalized spacial score (nSPS) is 17.3. The van der Waals surface area contributed by atoms with Crippen LogP contribution in [-0.4, -0.2) is 52.3 Å². The lowest BCUT2D eigenvalue weighted by Crippen LogP contribution is -2.35. The summed E-state index contributed by atoms with van der Waals surface area (Å²) >= 11 is 5.87. The van der Waals surface area contributed by atoms with Gasteiger partial charge in [-0.25, -0.2) is 14.4 Å². The first-order valence-electron chi connectivity index (χ1n) is 14.9. The Morgan fingerprint density at radius 2 is 1.93 bits per heavy atom. The van der Waals surface area contributed by atoms with Gasteiger partial charge in [0, 0.05) is 46.9 Å². The maximum absolute atomic E-state index is 14.2. The van der Waals surface area contributed by atoms with Gasteiger partial charge < -0.3 is 18.8 Å². The number of rotatable bonds is 9. The van der Waals surface area contributed by atoms with Gasteiger partial charge in [-0.15, -0.1) is 0 Å². The van der Waals surface area contributed by atoms with Crippen LogP contribution in [0.15, 0.2) is 48.5 Å². The van der Waals surface area contributed by atoms with Gasteiger partial charge in [0.2, 0.25) is 5.88 Å². The molecule has 2 aliphatic rings. The molecule has 4 heterocycles. The average molecular weight is 603 g/mol. The van der Waals surface area contributed by atoms with Crippen LogP contribution in [0, 0.1) is 17.7 Å². The third-order valence-electron chi connectivity index (χ3n) is 8.21. The van der Waals surface area contributed by atoms with E-state index in [0.29, 0.717) is 22.4 Å². The van der Waals surface area contributed by atoms with Crippen molar-refractivity contribution in [3.05, 3.63) is 82.0 Å². The summed E-state index contributed by atoms with van der Waals surface area (Å²) in [7, 11) is 1.69. The first-order valence-corrected chi connectivity index (χ1v) is 15.3. The van der Waals surface area contributed by atoms with Crippen LogP contribution in [0.4, 0.5) is 4.39 Å². The largest absolute Gasteiger partial charge is 0.494 e. The minimum atomic E-state index is -0.381. The molecule has 0 radical (unpaired) electrons. The number of fused-ring (bicyclic) bond motifs is 1. The molecule has 0 aliphatic carbocycles. The zero-order valence-electron chi connectivity index (χ0n) is 24.6. The van der Waals surface area contributed by atoms with E-state index < -0.39 is 0 Å². The van der Waals surface area contributed by atoms with Crippen molar-refractivity contribution < 1.29 is 18.6 Å². The molecule has 0 N–H and O–H groups in total. The molecule has 2 aromatic carbocycles. The van der Waals surface area contributed by atoms with Crippen LogP contribution in [0.1, 0.15) is 61.2 Å². The number of ether oxygens (including phenoxy) is 3. The van der Waals surface area contributed by atoms with Crippen molar-refractivity contribution in [2.45, 2.75) is 64.3 Å². The second-order valence-electron chi connectivity index (χ2n) is 11.1. The van der Waals surface area contributed by atoms with Crippen molar-refractivity contribution in [3.8, 4) is 23.5 Å². The Kier molecular flexibility index (Phi) is 9.13. The highest BCUT2D eigenvalue weighted by atomic mass is 35.5. The lowest BCUT2D eigenvalue weighted by molar-refractivity contribution is -0.0592. The molecule has 0 saturated carbocycles. The predicted molar refractivity (Wildman–Crippen MR) is 165 cm³/mol. The third kappa shape index (κ3) is 6.80. The molecule has 0 unspecified atom stereocenters. The molecular weight excluding hydrogens is 567 g/mol. The molecule has 2 aliphatic heterocycles. The molecule has 6 rings (SSSR count). The first-order chi connectivity index (χ1) is 21.0. The van der Waals surface area contributed by atoms with Crippen LogP contribution in [0.2, 0.25) is 5.02 Å². The van der Waals surface area contributed by atoms with Crippen LogP contribution in [-0.2, 0) is 24.4 Å². The van der Waals surface area contributed by atoms with Crippen LogP contribution in [0.5, 0.6) is 11.6 Å². The van der Waals surface area contributed by atoms with Crippen molar-refractivity contribution in [2.24, 2.45) is 0 Å². The molecular formula is C34H36ClFN4O3. The average Bonchev–Trinajstić information content (AvgIpc) is 3.34. The van der Waals surface area contributed by atoms with Gasteiger partial charge in [-0.05, 0) is 62.7 Å². The Bertz CT molecular complexity index is 1650. The zero-order chi connectivity index (χ0) is 29.8. The van der Waals surface area contributed by atoms with Crippen molar-refractivity contribution in [1.29, 1.82) is 0 Å². The van der Waals surface area contributed by atoms with E-state index in [1.807, 2.05) is 25.1 Å². The Hall–Kier alpha value is -3.64. The fourth-order valence-electron chi connectivity index (χ4n) is 5.73. The Balaban J connectivity index is 1.14. The number of nitrogens with zero attached hydrogens (tertiary/aromatic N) is 4. The number of halogens is 2. The second-order valence-corrected chi connectivity index (χ2v) is 11.5. The number of methoxy groups -OCH3 is 1. The van der Waals surface area contributed by atoms with E-state index in [-0.39, 0.29) is 18.5 Å². The molecule has 43 heavy (non-hydrogen) atoms. The molecule has 1 atom stereocenters. The minimum absolute atomic E-state index is 0.0995. The third-order valence-corrected chi connectivity index (χ3v) is 8.45. The van der Waals surface area contributed by atoms with Gasteiger partial charge >= 0.3 is 0 Å². The fourth-order valence-corrected chi connectivity index (χ4v) is 5.89. The lowest BCUT2D eigenvalue weighted by Gasteiger charge is -2.32. The molecule has 2 saturated heterocycles. The summed E-state index contributed by atoms with van der Waals surface area (Å²) < 4.78 is 33.9. The van der Waals surface area contributed by atoms with E-state index >= 15 is 0 Å². The molecule has 2 aromatic heterocycles. The second kappa shape index (κ2) is 13.3. The summed E-state index contributed by atoms with van der Waals surface area (Å²) in [6.07, 6.45) is 4.02. The summed E-state index contributed by atoms with van der Waals surface area (Å²) in [5.74, 6) is 8.64. The molecule has 0 amide bonds. The quantitative estimate of drug-likeness (QED) is 0.198. The Morgan fingerprint density at radius 3 is 2.65 bits per heavy atom. The number of benzene rings is 2. The van der Waals surface area contributed by atoms with E-state index in [0.717, 1.165) is 92.3 Å². The van der Waals surface area contributed by atoms with E-state index in [1.54, 1.807) is 19.2 Å².